The van der Waals surface area contributed by atoms with Gasteiger partial charge in [0.25, 0.3) is 0 Å². The van der Waals surface area contributed by atoms with E-state index in [2.05, 4.69) is 6.92 Å². The van der Waals surface area contributed by atoms with Crippen LogP contribution in [0.3, 0.4) is 0 Å². The minimum atomic E-state index is -0.332. The van der Waals surface area contributed by atoms with E-state index in [9.17, 15) is 4.79 Å². The third-order valence-electron chi connectivity index (χ3n) is 5.98. The van der Waals surface area contributed by atoms with Crippen LogP contribution in [-0.4, -0.2) is 65.4 Å². The minimum absolute atomic E-state index is 0.232. The van der Waals surface area contributed by atoms with Gasteiger partial charge in [-0.15, -0.1) is 0 Å². The first-order valence-electron chi connectivity index (χ1n) is 14.4. The summed E-state index contributed by atoms with van der Waals surface area (Å²) in [4.78, 5) is 11.8. The van der Waals surface area contributed by atoms with E-state index in [4.69, 9.17) is 23.7 Å². The lowest BCUT2D eigenvalue weighted by molar-refractivity contribution is -0.00913. The van der Waals surface area contributed by atoms with Gasteiger partial charge in [0.15, 0.2) is 0 Å². The van der Waals surface area contributed by atoms with E-state index >= 15 is 0 Å². The molecule has 0 aliphatic heterocycles. The Morgan fingerprint density at radius 2 is 0.889 bits per heavy atom. The van der Waals surface area contributed by atoms with Crippen LogP contribution in [0.25, 0.3) is 0 Å². The van der Waals surface area contributed by atoms with E-state index in [0.717, 1.165) is 13.0 Å². The molecule has 0 spiro atoms. The normalized spacial score (nSPS) is 11.1. The summed E-state index contributed by atoms with van der Waals surface area (Å²) in [6.07, 6.45) is 17.8. The summed E-state index contributed by atoms with van der Waals surface area (Å²) < 4.78 is 27.2. The van der Waals surface area contributed by atoms with Crippen LogP contribution < -0.4 is 0 Å². The topological polar surface area (TPSA) is 63.2 Å². The smallest absolute Gasteiger partial charge is 0.338 e. The molecule has 0 fully saturated rings. The third-order valence-corrected chi connectivity index (χ3v) is 5.98. The zero-order valence-electron chi connectivity index (χ0n) is 22.9. The van der Waals surface area contributed by atoms with Crippen molar-refractivity contribution in [3.8, 4) is 0 Å². The van der Waals surface area contributed by atoms with E-state index < -0.39 is 0 Å². The molecule has 0 saturated heterocycles. The summed E-state index contributed by atoms with van der Waals surface area (Å²) in [7, 11) is 0. The van der Waals surface area contributed by atoms with Gasteiger partial charge in [0.2, 0.25) is 0 Å². The number of rotatable bonds is 27. The van der Waals surface area contributed by atoms with Crippen molar-refractivity contribution in [1.82, 2.24) is 0 Å². The second-order valence-electron chi connectivity index (χ2n) is 9.19. The van der Waals surface area contributed by atoms with Crippen LogP contribution in [0.1, 0.15) is 101 Å². The monoisotopic (exact) mass is 508 g/mol. The maximum Gasteiger partial charge on any atom is 0.338 e. The van der Waals surface area contributed by atoms with Gasteiger partial charge in [-0.2, -0.15) is 0 Å². The fraction of sp³-hybridized carbons (Fsp3) is 0.767. The third kappa shape index (κ3) is 21.8. The average Bonchev–Trinajstić information content (AvgIpc) is 2.91. The highest BCUT2D eigenvalue weighted by atomic mass is 16.6. The van der Waals surface area contributed by atoms with Crippen molar-refractivity contribution < 1.29 is 28.5 Å². The SMILES string of the molecule is CCCCCCCCCCCCCCCOCCOCCOCCOCCOC(=O)c1ccccc1. The Morgan fingerprint density at radius 1 is 0.500 bits per heavy atom. The Balaban J connectivity index is 1.67. The number of ether oxygens (including phenoxy) is 5. The molecule has 6 heteroatoms. The summed E-state index contributed by atoms with van der Waals surface area (Å²) in [5, 5.41) is 0. The van der Waals surface area contributed by atoms with Crippen molar-refractivity contribution in [1.29, 1.82) is 0 Å². The Labute approximate surface area is 220 Å². The van der Waals surface area contributed by atoms with E-state index in [0.29, 0.717) is 51.8 Å². The fourth-order valence-corrected chi connectivity index (χ4v) is 3.83. The molecule has 0 aliphatic rings. The molecular formula is C30H52O6. The van der Waals surface area contributed by atoms with E-state index in [-0.39, 0.29) is 12.6 Å². The Hall–Kier alpha value is -1.47. The summed E-state index contributed by atoms with van der Waals surface area (Å²) in [5.41, 5.74) is 0.547. The fourth-order valence-electron chi connectivity index (χ4n) is 3.83. The molecule has 0 aliphatic carbocycles. The van der Waals surface area contributed by atoms with Gasteiger partial charge in [-0.25, -0.2) is 4.79 Å². The molecular weight excluding hydrogens is 456 g/mol. The molecule has 0 radical (unpaired) electrons. The quantitative estimate of drug-likeness (QED) is 0.0941. The summed E-state index contributed by atoms with van der Waals surface area (Å²) in [6.45, 7) is 6.98. The largest absolute Gasteiger partial charge is 0.460 e. The van der Waals surface area contributed by atoms with Gasteiger partial charge in [0.1, 0.15) is 6.61 Å². The van der Waals surface area contributed by atoms with Gasteiger partial charge >= 0.3 is 5.97 Å². The minimum Gasteiger partial charge on any atom is -0.460 e. The highest BCUT2D eigenvalue weighted by Crippen LogP contribution is 2.12. The van der Waals surface area contributed by atoms with Crippen LogP contribution in [0.15, 0.2) is 30.3 Å². The number of hydrogen-bond donors (Lipinski definition) is 0. The van der Waals surface area contributed by atoms with Crippen molar-refractivity contribution in [3.05, 3.63) is 35.9 Å². The molecule has 0 heterocycles. The first-order chi connectivity index (χ1) is 17.8. The Morgan fingerprint density at radius 3 is 1.36 bits per heavy atom. The van der Waals surface area contributed by atoms with Gasteiger partial charge in [0.05, 0.1) is 51.8 Å². The second kappa shape index (κ2) is 26.6. The highest BCUT2D eigenvalue weighted by molar-refractivity contribution is 5.89. The van der Waals surface area contributed by atoms with Crippen molar-refractivity contribution in [2.75, 3.05) is 59.5 Å². The molecule has 1 aromatic carbocycles. The first kappa shape index (κ1) is 32.6. The van der Waals surface area contributed by atoms with Crippen molar-refractivity contribution in [3.63, 3.8) is 0 Å². The molecule has 0 aromatic heterocycles. The average molecular weight is 509 g/mol. The predicted molar refractivity (Wildman–Crippen MR) is 146 cm³/mol. The molecule has 1 aromatic rings. The molecule has 36 heavy (non-hydrogen) atoms. The lowest BCUT2D eigenvalue weighted by Gasteiger charge is -2.08. The van der Waals surface area contributed by atoms with E-state index in [1.807, 2.05) is 18.2 Å². The lowest BCUT2D eigenvalue weighted by Crippen LogP contribution is -2.14. The molecule has 0 N–H and O–H groups in total. The zero-order valence-corrected chi connectivity index (χ0v) is 22.9. The van der Waals surface area contributed by atoms with Gasteiger partial charge in [-0.1, -0.05) is 102 Å². The molecule has 0 unspecified atom stereocenters. The summed E-state index contributed by atoms with van der Waals surface area (Å²) >= 11 is 0. The van der Waals surface area contributed by atoms with Crippen LogP contribution in [0.4, 0.5) is 0 Å². The van der Waals surface area contributed by atoms with Crippen LogP contribution in [0, 0.1) is 0 Å². The molecule has 0 atom stereocenters. The molecule has 0 saturated carbocycles. The van der Waals surface area contributed by atoms with Crippen molar-refractivity contribution >= 4 is 5.97 Å². The highest BCUT2D eigenvalue weighted by Gasteiger charge is 2.05. The maximum atomic E-state index is 11.8. The number of carbonyl (C=O) groups is 1. The lowest BCUT2D eigenvalue weighted by atomic mass is 10.0. The van der Waals surface area contributed by atoms with Crippen LogP contribution in [-0.2, 0) is 23.7 Å². The number of carbonyl (C=O) groups excluding carboxylic acids is 1. The van der Waals surface area contributed by atoms with E-state index in [1.54, 1.807) is 12.1 Å². The number of esters is 1. The summed E-state index contributed by atoms with van der Waals surface area (Å²) in [6, 6.07) is 8.93. The molecule has 0 amide bonds. The van der Waals surface area contributed by atoms with Crippen molar-refractivity contribution in [2.45, 2.75) is 90.4 Å². The van der Waals surface area contributed by atoms with Gasteiger partial charge in [-0.05, 0) is 18.6 Å². The van der Waals surface area contributed by atoms with Crippen LogP contribution in [0.5, 0.6) is 0 Å². The summed E-state index contributed by atoms with van der Waals surface area (Å²) in [5.74, 6) is -0.332. The molecule has 1 rings (SSSR count). The van der Waals surface area contributed by atoms with Crippen molar-refractivity contribution in [2.24, 2.45) is 0 Å². The molecule has 208 valence electrons. The van der Waals surface area contributed by atoms with Gasteiger partial charge in [-0.3, -0.25) is 0 Å². The molecule has 0 bridgehead atoms. The standard InChI is InChI=1S/C30H52O6/c1-2-3-4-5-6-7-8-9-10-11-12-13-17-20-32-21-22-33-23-24-34-25-26-35-27-28-36-30(31)29-18-15-14-16-19-29/h14-16,18-19H,2-13,17,20-28H2,1H3. The van der Waals surface area contributed by atoms with Crippen LogP contribution >= 0.6 is 0 Å². The zero-order chi connectivity index (χ0) is 25.8. The maximum absolute atomic E-state index is 11.8. The Bertz CT molecular complexity index is 580. The number of benzene rings is 1. The Kier molecular flexibility index (Phi) is 24.0. The van der Waals surface area contributed by atoms with Crippen LogP contribution in [0.2, 0.25) is 0 Å². The van der Waals surface area contributed by atoms with Gasteiger partial charge < -0.3 is 23.7 Å². The predicted octanol–water partition coefficient (Wildman–Crippen LogP) is 7.00. The second-order valence-corrected chi connectivity index (χ2v) is 9.19. The first-order valence-corrected chi connectivity index (χ1v) is 14.4. The van der Waals surface area contributed by atoms with Gasteiger partial charge in [0, 0.05) is 6.61 Å². The molecule has 6 nitrogen and oxygen atoms in total. The van der Waals surface area contributed by atoms with E-state index in [1.165, 1.54) is 77.0 Å². The number of hydrogen-bond acceptors (Lipinski definition) is 6. The number of unbranched alkanes of at least 4 members (excludes halogenated alkanes) is 12.